The Morgan fingerprint density at radius 2 is 2.18 bits per heavy atom. The predicted octanol–water partition coefficient (Wildman–Crippen LogP) is 1.55. The number of alkyl halides is 2. The quantitative estimate of drug-likeness (QED) is 0.841. The van der Waals surface area contributed by atoms with Crippen LogP contribution in [0.25, 0.3) is 0 Å². The Kier molecular flexibility index (Phi) is 3.82. The van der Waals surface area contributed by atoms with Crippen molar-refractivity contribution < 1.29 is 23.4 Å². The van der Waals surface area contributed by atoms with Gasteiger partial charge in [0.05, 0.1) is 24.9 Å². The van der Waals surface area contributed by atoms with Crippen molar-refractivity contribution in [3.05, 3.63) is 17.0 Å². The van der Waals surface area contributed by atoms with Gasteiger partial charge in [-0.25, -0.2) is 13.8 Å². The third-order valence-corrected chi connectivity index (χ3v) is 2.30. The largest absolute Gasteiger partial charge is 0.492 e. The van der Waals surface area contributed by atoms with E-state index in [-0.39, 0.29) is 17.1 Å². The number of nitrogens with zero attached hydrogens (tertiary/aromatic N) is 1. The van der Waals surface area contributed by atoms with Gasteiger partial charge in [0.25, 0.3) is 6.43 Å². The van der Waals surface area contributed by atoms with Gasteiger partial charge in [-0.15, -0.1) is 0 Å². The number of ether oxygens (including phenoxy) is 1. The predicted molar refractivity (Wildman–Crippen MR) is 56.2 cm³/mol. The Morgan fingerprint density at radius 1 is 1.59 bits per heavy atom. The molecular formula is C10H12F2N2O3. The number of hydrogen-bond acceptors (Lipinski definition) is 4. The highest BCUT2D eigenvalue weighted by atomic mass is 19.3. The van der Waals surface area contributed by atoms with E-state index in [1.165, 1.54) is 14.0 Å². The Labute approximate surface area is 96.2 Å². The minimum atomic E-state index is -2.87. The molecule has 17 heavy (non-hydrogen) atoms. The molecule has 0 aliphatic carbocycles. The summed E-state index contributed by atoms with van der Waals surface area (Å²) in [5.74, 6) is -1.36. The fraction of sp³-hybridized carbons (Fsp3) is 0.400. The molecule has 94 valence electrons. The van der Waals surface area contributed by atoms with Crippen molar-refractivity contribution >= 4 is 11.7 Å². The number of nitrogen functional groups attached to an aromatic ring is 1. The van der Waals surface area contributed by atoms with Gasteiger partial charge in [-0.1, -0.05) is 0 Å². The van der Waals surface area contributed by atoms with Gasteiger partial charge in [0.1, 0.15) is 0 Å². The Balaban J connectivity index is 3.40. The highest BCUT2D eigenvalue weighted by Crippen LogP contribution is 2.35. The van der Waals surface area contributed by atoms with Gasteiger partial charge in [-0.2, -0.15) is 0 Å². The van der Waals surface area contributed by atoms with Crippen LogP contribution in [0.5, 0.6) is 5.75 Å². The van der Waals surface area contributed by atoms with Crippen LogP contribution in [-0.2, 0) is 11.2 Å². The summed E-state index contributed by atoms with van der Waals surface area (Å²) >= 11 is 0. The van der Waals surface area contributed by atoms with Crippen LogP contribution in [0.4, 0.5) is 14.5 Å². The fourth-order valence-corrected chi connectivity index (χ4v) is 1.42. The highest BCUT2D eigenvalue weighted by Gasteiger charge is 2.23. The number of carboxylic acids is 1. The molecule has 0 fully saturated rings. The van der Waals surface area contributed by atoms with E-state index in [0.29, 0.717) is 5.56 Å². The molecule has 3 N–H and O–H groups in total. The summed E-state index contributed by atoms with van der Waals surface area (Å²) in [6.07, 6.45) is -3.33. The number of aromatic nitrogens is 1. The maximum absolute atomic E-state index is 12.7. The van der Waals surface area contributed by atoms with Gasteiger partial charge < -0.3 is 15.6 Å². The second-order valence-corrected chi connectivity index (χ2v) is 3.39. The summed E-state index contributed by atoms with van der Waals surface area (Å²) in [5.41, 5.74) is 5.34. The molecule has 0 saturated carbocycles. The molecule has 0 spiro atoms. The number of nitrogens with two attached hydrogens (primary N) is 1. The van der Waals surface area contributed by atoms with Gasteiger partial charge >= 0.3 is 5.97 Å². The van der Waals surface area contributed by atoms with Gasteiger partial charge in [0.15, 0.2) is 11.4 Å². The molecule has 0 amide bonds. The van der Waals surface area contributed by atoms with E-state index in [2.05, 4.69) is 4.98 Å². The first-order valence-electron chi connectivity index (χ1n) is 4.71. The molecule has 0 bridgehead atoms. The standard InChI is InChI=1S/C10H12F2N2O3/c1-4-5(3-6(15)16)14-8(10(11)12)9(17-2)7(4)13/h10H,3H2,1-2H3,(H2,13,14)(H,15,16). The normalized spacial score (nSPS) is 10.6. The number of methoxy groups -OCH3 is 1. The number of halogens is 2. The van der Waals surface area contributed by atoms with Crippen molar-refractivity contribution in [2.75, 3.05) is 12.8 Å². The number of aliphatic carboxylic acids is 1. The van der Waals surface area contributed by atoms with E-state index in [0.717, 1.165) is 0 Å². The zero-order chi connectivity index (χ0) is 13.2. The minimum absolute atomic E-state index is 0.00551. The van der Waals surface area contributed by atoms with Crippen LogP contribution >= 0.6 is 0 Å². The average molecular weight is 246 g/mol. The lowest BCUT2D eigenvalue weighted by atomic mass is 10.1. The monoisotopic (exact) mass is 246 g/mol. The molecule has 1 aromatic heterocycles. The molecule has 0 aliphatic heterocycles. The van der Waals surface area contributed by atoms with Crippen molar-refractivity contribution in [3.63, 3.8) is 0 Å². The van der Waals surface area contributed by atoms with E-state index < -0.39 is 24.5 Å². The van der Waals surface area contributed by atoms with Crippen LogP contribution in [0.15, 0.2) is 0 Å². The molecule has 1 aromatic rings. The lowest BCUT2D eigenvalue weighted by Gasteiger charge is -2.14. The van der Waals surface area contributed by atoms with Gasteiger partial charge in [-0.3, -0.25) is 4.79 Å². The molecule has 0 aliphatic rings. The van der Waals surface area contributed by atoms with E-state index in [4.69, 9.17) is 15.6 Å². The SMILES string of the molecule is COc1c(C(F)F)nc(CC(=O)O)c(C)c1N. The molecule has 7 heteroatoms. The Morgan fingerprint density at radius 3 is 2.59 bits per heavy atom. The van der Waals surface area contributed by atoms with Crippen molar-refractivity contribution in [1.29, 1.82) is 0 Å². The molecule has 0 atom stereocenters. The van der Waals surface area contributed by atoms with Crippen molar-refractivity contribution in [3.8, 4) is 5.75 Å². The topological polar surface area (TPSA) is 85.4 Å². The van der Waals surface area contributed by atoms with Crippen molar-refractivity contribution in [1.82, 2.24) is 4.98 Å². The maximum atomic E-state index is 12.7. The number of anilines is 1. The first-order chi connectivity index (χ1) is 7.88. The lowest BCUT2D eigenvalue weighted by Crippen LogP contribution is -2.11. The summed E-state index contributed by atoms with van der Waals surface area (Å²) in [4.78, 5) is 14.2. The number of pyridine rings is 1. The molecule has 0 unspecified atom stereocenters. The number of hydrogen-bond donors (Lipinski definition) is 2. The third kappa shape index (κ3) is 2.61. The summed E-state index contributed by atoms with van der Waals surface area (Å²) in [5, 5.41) is 8.64. The average Bonchev–Trinajstić information content (AvgIpc) is 2.23. The van der Waals surface area contributed by atoms with Crippen LogP contribution in [0.3, 0.4) is 0 Å². The first kappa shape index (κ1) is 13.1. The van der Waals surface area contributed by atoms with Crippen LogP contribution in [-0.4, -0.2) is 23.2 Å². The van der Waals surface area contributed by atoms with Crippen LogP contribution < -0.4 is 10.5 Å². The van der Waals surface area contributed by atoms with E-state index in [9.17, 15) is 13.6 Å². The smallest absolute Gasteiger partial charge is 0.309 e. The van der Waals surface area contributed by atoms with Gasteiger partial charge in [-0.05, 0) is 12.5 Å². The molecular weight excluding hydrogens is 234 g/mol. The summed E-state index contributed by atoms with van der Waals surface area (Å²) in [6.45, 7) is 1.51. The van der Waals surface area contributed by atoms with Gasteiger partial charge in [0.2, 0.25) is 0 Å². The number of rotatable bonds is 4. The van der Waals surface area contributed by atoms with Crippen molar-refractivity contribution in [2.24, 2.45) is 0 Å². The van der Waals surface area contributed by atoms with Crippen LogP contribution in [0.2, 0.25) is 0 Å². The molecule has 0 radical (unpaired) electrons. The van der Waals surface area contributed by atoms with E-state index >= 15 is 0 Å². The highest BCUT2D eigenvalue weighted by molar-refractivity contribution is 5.72. The van der Waals surface area contributed by atoms with E-state index in [1.807, 2.05) is 0 Å². The van der Waals surface area contributed by atoms with Gasteiger partial charge in [0, 0.05) is 0 Å². The maximum Gasteiger partial charge on any atom is 0.309 e. The first-order valence-corrected chi connectivity index (χ1v) is 4.71. The van der Waals surface area contributed by atoms with Crippen LogP contribution in [0.1, 0.15) is 23.4 Å². The summed E-state index contributed by atoms with van der Waals surface area (Å²) < 4.78 is 30.2. The molecule has 1 rings (SSSR count). The van der Waals surface area contributed by atoms with Crippen LogP contribution in [0, 0.1) is 6.92 Å². The molecule has 0 saturated heterocycles. The third-order valence-electron chi connectivity index (χ3n) is 2.30. The second-order valence-electron chi connectivity index (χ2n) is 3.39. The number of carboxylic acid groups (broad SMARTS) is 1. The molecule has 0 aromatic carbocycles. The Bertz CT molecular complexity index is 450. The second kappa shape index (κ2) is 4.94. The molecule has 5 nitrogen and oxygen atoms in total. The zero-order valence-corrected chi connectivity index (χ0v) is 9.33. The minimum Gasteiger partial charge on any atom is -0.492 e. The summed E-state index contributed by atoms with van der Waals surface area (Å²) in [6, 6.07) is 0. The Hall–Kier alpha value is -1.92. The van der Waals surface area contributed by atoms with E-state index in [1.54, 1.807) is 0 Å². The molecule has 1 heterocycles. The lowest BCUT2D eigenvalue weighted by molar-refractivity contribution is -0.136. The fourth-order valence-electron chi connectivity index (χ4n) is 1.42. The summed E-state index contributed by atoms with van der Waals surface area (Å²) in [7, 11) is 1.20. The number of carbonyl (C=O) groups is 1. The van der Waals surface area contributed by atoms with Crippen molar-refractivity contribution in [2.45, 2.75) is 19.8 Å². The zero-order valence-electron chi connectivity index (χ0n) is 9.33.